The average Bonchev–Trinajstić information content (AvgIpc) is 3.75. The largest absolute Gasteiger partial charge is 0.485 e. The van der Waals surface area contributed by atoms with Crippen molar-refractivity contribution < 1.29 is 24.1 Å². The molecule has 0 amide bonds. The van der Waals surface area contributed by atoms with Gasteiger partial charge >= 0.3 is 5.97 Å². The van der Waals surface area contributed by atoms with Gasteiger partial charge in [-0.2, -0.15) is 0 Å². The van der Waals surface area contributed by atoms with Gasteiger partial charge in [-0.3, -0.25) is 4.90 Å². The van der Waals surface area contributed by atoms with Crippen molar-refractivity contribution in [3.05, 3.63) is 94.5 Å². The maximum absolute atomic E-state index is 11.4. The molecular weight excluding hydrogens is 550 g/mol. The van der Waals surface area contributed by atoms with Gasteiger partial charge in [0.05, 0.1) is 23.2 Å². The third kappa shape index (κ3) is 4.25. The monoisotopic (exact) mass is 587 g/mol. The Bertz CT molecular complexity index is 1470. The number of carbonyl (C=O) groups is 1. The van der Waals surface area contributed by atoms with Crippen LogP contribution in [0.5, 0.6) is 11.5 Å². The highest BCUT2D eigenvalue weighted by molar-refractivity contribution is 5.87. The molecule has 0 aromatic heterocycles. The van der Waals surface area contributed by atoms with Crippen molar-refractivity contribution in [2.75, 3.05) is 13.1 Å². The second kappa shape index (κ2) is 10.6. The maximum atomic E-state index is 11.4. The lowest BCUT2D eigenvalue weighted by molar-refractivity contribution is -0.221. The number of rotatable bonds is 9. The number of carboxylic acids is 1. The van der Waals surface area contributed by atoms with Gasteiger partial charge in [-0.15, -0.1) is 12.4 Å². The topological polar surface area (TPSA) is 68.2 Å². The van der Waals surface area contributed by atoms with Crippen LogP contribution in [0, 0.1) is 5.92 Å². The van der Waals surface area contributed by atoms with Crippen LogP contribution in [-0.4, -0.2) is 46.8 Å². The molecule has 2 aliphatic heterocycles. The van der Waals surface area contributed by atoms with Crippen LogP contribution in [0.25, 0.3) is 0 Å². The van der Waals surface area contributed by atoms with Crippen molar-refractivity contribution in [3.63, 3.8) is 0 Å². The van der Waals surface area contributed by atoms with E-state index >= 15 is 0 Å². The van der Waals surface area contributed by atoms with Crippen LogP contribution in [0.15, 0.2) is 66.7 Å². The average molecular weight is 588 g/mol. The number of piperidine rings is 1. The number of likely N-dealkylation sites (tertiary alicyclic amines) is 1. The summed E-state index contributed by atoms with van der Waals surface area (Å²) < 4.78 is 20.7. The smallest absolute Gasteiger partial charge is 0.335 e. The maximum Gasteiger partial charge on any atom is 0.335 e. The molecule has 4 atom stereocenters. The fraction of sp³-hybridized carbons (Fsp3) is 0.457. The normalized spacial score (nSPS) is 28.8. The second-order valence-electron chi connectivity index (χ2n) is 12.8. The summed E-state index contributed by atoms with van der Waals surface area (Å²) >= 11 is 0. The first-order valence-electron chi connectivity index (χ1n) is 15.3. The molecule has 3 aromatic rings. The molecule has 3 fully saturated rings. The van der Waals surface area contributed by atoms with E-state index in [1.54, 1.807) is 12.1 Å². The molecule has 6 nitrogen and oxygen atoms in total. The molecule has 2 heterocycles. The summed E-state index contributed by atoms with van der Waals surface area (Å²) in [7, 11) is 0. The van der Waals surface area contributed by atoms with E-state index in [2.05, 4.69) is 29.2 Å². The highest BCUT2D eigenvalue weighted by atomic mass is 35.5. The molecule has 5 aliphatic rings. The summed E-state index contributed by atoms with van der Waals surface area (Å²) in [6.07, 6.45) is 7.86. The Labute approximate surface area is 253 Å². The highest BCUT2D eigenvalue weighted by Crippen LogP contribution is 2.67. The Morgan fingerprint density at radius 1 is 0.952 bits per heavy atom. The number of halogens is 1. The predicted molar refractivity (Wildman–Crippen MR) is 162 cm³/mol. The summed E-state index contributed by atoms with van der Waals surface area (Å²) in [5.41, 5.74) is 4.64. The van der Waals surface area contributed by atoms with Crippen molar-refractivity contribution in [2.24, 2.45) is 5.92 Å². The van der Waals surface area contributed by atoms with Crippen molar-refractivity contribution in [2.45, 2.75) is 81.3 Å². The highest BCUT2D eigenvalue weighted by Gasteiger charge is 2.72. The molecule has 3 aromatic carbocycles. The quantitative estimate of drug-likeness (QED) is 0.306. The van der Waals surface area contributed by atoms with Crippen LogP contribution in [0.1, 0.15) is 71.1 Å². The number of nitrogens with zero attached hydrogens (tertiary/aromatic N) is 1. The number of aromatic carboxylic acids is 1. The van der Waals surface area contributed by atoms with E-state index in [1.807, 2.05) is 30.3 Å². The van der Waals surface area contributed by atoms with Crippen LogP contribution in [0.4, 0.5) is 0 Å². The lowest BCUT2D eigenvalue weighted by Crippen LogP contribution is -2.76. The summed E-state index contributed by atoms with van der Waals surface area (Å²) in [6, 6.07) is 22.2. The van der Waals surface area contributed by atoms with Crippen molar-refractivity contribution in [1.82, 2.24) is 4.90 Å². The standard InChI is InChI=1S/C35H37NO5.ClH/c37-33(38)26-12-10-25(11-13-26)22-40-35-16-4-7-30-34(35)17-18-36(20-23-8-9-23)29(35)19-27-14-15-28(32(41-30)31(27)34)39-21-24-5-2-1-3-6-24;/h1-3,5-6,10-15,23,29-30H,4,7-9,16-22H2,(H,37,38);1H/t29-,30?,34-,35-;/m1./s1. The summed E-state index contributed by atoms with van der Waals surface area (Å²) in [5, 5.41) is 9.37. The van der Waals surface area contributed by atoms with Crippen LogP contribution in [0.3, 0.4) is 0 Å². The summed E-state index contributed by atoms with van der Waals surface area (Å²) in [5.74, 6) is 1.70. The Hall–Kier alpha value is -3.06. The molecule has 0 radical (unpaired) electrons. The molecule has 2 bridgehead atoms. The van der Waals surface area contributed by atoms with E-state index in [-0.39, 0.29) is 29.5 Å². The number of benzene rings is 3. The van der Waals surface area contributed by atoms with Crippen molar-refractivity contribution in [3.8, 4) is 11.5 Å². The lowest BCUT2D eigenvalue weighted by Gasteiger charge is -2.65. The zero-order valence-electron chi connectivity index (χ0n) is 23.8. The van der Waals surface area contributed by atoms with Gasteiger partial charge in [0.15, 0.2) is 11.5 Å². The minimum atomic E-state index is -0.903. The van der Waals surface area contributed by atoms with Gasteiger partial charge in [-0.25, -0.2) is 4.79 Å². The first-order chi connectivity index (χ1) is 20.1. The Morgan fingerprint density at radius 2 is 1.74 bits per heavy atom. The van der Waals surface area contributed by atoms with E-state index in [9.17, 15) is 9.90 Å². The third-order valence-electron chi connectivity index (χ3n) is 10.5. The van der Waals surface area contributed by atoms with Crippen molar-refractivity contribution >= 4 is 18.4 Å². The summed E-state index contributed by atoms with van der Waals surface area (Å²) in [6.45, 7) is 3.22. The third-order valence-corrected chi connectivity index (χ3v) is 10.5. The van der Waals surface area contributed by atoms with E-state index in [0.717, 1.165) is 73.7 Å². The molecule has 1 N–H and O–H groups in total. The van der Waals surface area contributed by atoms with Gasteiger partial charge in [0.2, 0.25) is 0 Å². The molecular formula is C35H38ClNO5. The fourth-order valence-corrected chi connectivity index (χ4v) is 8.53. The van der Waals surface area contributed by atoms with E-state index in [4.69, 9.17) is 14.2 Å². The number of ether oxygens (including phenoxy) is 3. The van der Waals surface area contributed by atoms with Gasteiger partial charge in [0, 0.05) is 18.2 Å². The van der Waals surface area contributed by atoms with Gasteiger partial charge in [0.1, 0.15) is 12.7 Å². The molecule has 3 aliphatic carbocycles. The van der Waals surface area contributed by atoms with Crippen LogP contribution >= 0.6 is 12.4 Å². The minimum absolute atomic E-state index is 0. The van der Waals surface area contributed by atoms with E-state index in [0.29, 0.717) is 24.8 Å². The first kappa shape index (κ1) is 27.8. The van der Waals surface area contributed by atoms with E-state index in [1.165, 1.54) is 24.0 Å². The second-order valence-corrected chi connectivity index (χ2v) is 12.8. The van der Waals surface area contributed by atoms with Crippen LogP contribution < -0.4 is 9.47 Å². The number of hydrogen-bond donors (Lipinski definition) is 1. The number of carboxylic acid groups (broad SMARTS) is 1. The van der Waals surface area contributed by atoms with Gasteiger partial charge in [0.25, 0.3) is 0 Å². The first-order valence-corrected chi connectivity index (χ1v) is 15.3. The SMILES string of the molecule is Cl.O=C(O)c1ccc(CO[C@@]23CCCC4Oc5c(OCc6ccccc6)ccc6c5[C@@]42CCN(CC2CC2)[C@@H]3C6)cc1. The Balaban J connectivity index is 0.00000288. The molecule has 1 unspecified atom stereocenters. The van der Waals surface area contributed by atoms with Gasteiger partial charge in [-0.1, -0.05) is 48.5 Å². The van der Waals surface area contributed by atoms with Gasteiger partial charge in [-0.05, 0) is 92.3 Å². The molecule has 7 heteroatoms. The molecule has 2 saturated carbocycles. The zero-order valence-corrected chi connectivity index (χ0v) is 24.6. The molecule has 42 heavy (non-hydrogen) atoms. The fourth-order valence-electron chi connectivity index (χ4n) is 8.53. The van der Waals surface area contributed by atoms with Crippen molar-refractivity contribution in [1.29, 1.82) is 0 Å². The summed E-state index contributed by atoms with van der Waals surface area (Å²) in [4.78, 5) is 14.2. The predicted octanol–water partition coefficient (Wildman–Crippen LogP) is 6.56. The lowest BCUT2D eigenvalue weighted by atomic mass is 9.49. The Morgan fingerprint density at radius 3 is 2.50 bits per heavy atom. The van der Waals surface area contributed by atoms with Gasteiger partial charge < -0.3 is 19.3 Å². The molecule has 1 spiro atoms. The van der Waals surface area contributed by atoms with Crippen LogP contribution in [0.2, 0.25) is 0 Å². The molecule has 220 valence electrons. The molecule has 8 rings (SSSR count). The molecule has 1 saturated heterocycles. The van der Waals surface area contributed by atoms with E-state index < -0.39 is 5.97 Å². The number of hydrogen-bond acceptors (Lipinski definition) is 5. The Kier molecular flexibility index (Phi) is 6.99. The zero-order chi connectivity index (χ0) is 27.6. The van der Waals surface area contributed by atoms with Crippen LogP contribution in [-0.2, 0) is 29.8 Å². The minimum Gasteiger partial charge on any atom is -0.485 e.